The maximum atomic E-state index is 13.3. The average molecular weight is 408 g/mol. The molecule has 1 saturated heterocycles. The molecule has 30 heavy (non-hydrogen) atoms. The summed E-state index contributed by atoms with van der Waals surface area (Å²) in [5.74, 6) is 0.0319. The summed E-state index contributed by atoms with van der Waals surface area (Å²) in [4.78, 5) is 18.0. The summed E-state index contributed by atoms with van der Waals surface area (Å²) in [7, 11) is 3.85. The number of carbonyl (C=O) groups is 1. The quantitative estimate of drug-likeness (QED) is 0.788. The van der Waals surface area contributed by atoms with Gasteiger partial charge in [0.2, 0.25) is 5.91 Å². The van der Waals surface area contributed by atoms with E-state index in [4.69, 9.17) is 4.74 Å². The normalized spacial score (nSPS) is 21.9. The number of benzene rings is 2. The fraction of sp³-hybridized carbons (Fsp3) is 0.480. The third-order valence-electron chi connectivity index (χ3n) is 6.50. The molecule has 0 bridgehead atoms. The zero-order valence-electron chi connectivity index (χ0n) is 18.1. The van der Waals surface area contributed by atoms with E-state index in [1.807, 2.05) is 12.1 Å². The Balaban J connectivity index is 1.48. The van der Waals surface area contributed by atoms with Gasteiger partial charge in [0.1, 0.15) is 0 Å². The number of piperidine rings is 1. The van der Waals surface area contributed by atoms with Crippen molar-refractivity contribution in [3.63, 3.8) is 0 Å². The zero-order valence-corrected chi connectivity index (χ0v) is 18.1. The molecule has 160 valence electrons. The molecule has 4 rings (SSSR count). The largest absolute Gasteiger partial charge is 0.383 e. The van der Waals surface area contributed by atoms with E-state index in [-0.39, 0.29) is 17.9 Å². The van der Waals surface area contributed by atoms with Gasteiger partial charge >= 0.3 is 0 Å². The fourth-order valence-corrected chi connectivity index (χ4v) is 4.91. The molecular formula is C25H33N3O2. The van der Waals surface area contributed by atoms with Gasteiger partial charge in [-0.3, -0.25) is 9.69 Å². The van der Waals surface area contributed by atoms with Crippen LogP contribution in [0.15, 0.2) is 48.5 Å². The predicted molar refractivity (Wildman–Crippen MR) is 122 cm³/mol. The lowest BCUT2D eigenvalue weighted by Crippen LogP contribution is -2.51. The van der Waals surface area contributed by atoms with Crippen molar-refractivity contribution in [1.82, 2.24) is 4.90 Å². The van der Waals surface area contributed by atoms with Crippen molar-refractivity contribution >= 4 is 17.3 Å². The topological polar surface area (TPSA) is 44.8 Å². The zero-order chi connectivity index (χ0) is 20.9. The molecule has 0 aliphatic carbocycles. The summed E-state index contributed by atoms with van der Waals surface area (Å²) >= 11 is 0. The van der Waals surface area contributed by atoms with E-state index in [9.17, 15) is 4.79 Å². The molecule has 5 heteroatoms. The highest BCUT2D eigenvalue weighted by Gasteiger charge is 2.36. The van der Waals surface area contributed by atoms with Crippen molar-refractivity contribution in [2.45, 2.75) is 38.3 Å². The number of aryl methyl sites for hydroxylation is 1. The van der Waals surface area contributed by atoms with Gasteiger partial charge in [0, 0.05) is 44.7 Å². The Kier molecular flexibility index (Phi) is 6.70. The fourth-order valence-electron chi connectivity index (χ4n) is 4.91. The summed E-state index contributed by atoms with van der Waals surface area (Å²) in [5.41, 5.74) is 4.77. The standard InChI is InChI=1S/C25H33N3O2/c1-27-14-6-10-20-12-13-21(16-23(20)27)26-25(29)22-11-7-15-28(24(22)18-30-2)17-19-8-4-3-5-9-19/h3-5,8-9,12-13,16,22,24H,6-7,10-11,14-15,17-18H2,1-2H3,(H,26,29)/t22-,24-/m1/s1. The molecule has 0 aromatic heterocycles. The number of hydrogen-bond donors (Lipinski definition) is 1. The summed E-state index contributed by atoms with van der Waals surface area (Å²) in [5, 5.41) is 3.21. The Morgan fingerprint density at radius 3 is 2.77 bits per heavy atom. The highest BCUT2D eigenvalue weighted by atomic mass is 16.5. The number of anilines is 2. The molecule has 2 aromatic carbocycles. The van der Waals surface area contributed by atoms with Crippen LogP contribution >= 0.6 is 0 Å². The van der Waals surface area contributed by atoms with E-state index in [2.05, 4.69) is 58.6 Å². The molecule has 2 atom stereocenters. The number of nitrogens with one attached hydrogen (secondary N) is 1. The third-order valence-corrected chi connectivity index (χ3v) is 6.50. The Labute approximate surface area is 180 Å². The molecule has 1 N–H and O–H groups in total. The highest BCUT2D eigenvalue weighted by Crippen LogP contribution is 2.31. The number of likely N-dealkylation sites (tertiary alicyclic amines) is 1. The summed E-state index contributed by atoms with van der Waals surface area (Å²) in [6, 6.07) is 16.9. The van der Waals surface area contributed by atoms with Crippen molar-refractivity contribution in [3.05, 3.63) is 59.7 Å². The number of ether oxygens (including phenoxy) is 1. The Morgan fingerprint density at radius 1 is 1.13 bits per heavy atom. The molecule has 1 amide bonds. The van der Waals surface area contributed by atoms with Gasteiger partial charge in [0.15, 0.2) is 0 Å². The first-order chi connectivity index (χ1) is 14.7. The van der Waals surface area contributed by atoms with Crippen molar-refractivity contribution in [3.8, 4) is 0 Å². The molecule has 5 nitrogen and oxygen atoms in total. The van der Waals surface area contributed by atoms with Crippen LogP contribution in [0.2, 0.25) is 0 Å². The van der Waals surface area contributed by atoms with Crippen LogP contribution in [0.25, 0.3) is 0 Å². The average Bonchev–Trinajstić information content (AvgIpc) is 2.76. The van der Waals surface area contributed by atoms with Crippen LogP contribution < -0.4 is 10.2 Å². The van der Waals surface area contributed by atoms with Gasteiger partial charge in [-0.1, -0.05) is 36.4 Å². The first-order valence-electron chi connectivity index (χ1n) is 11.1. The van der Waals surface area contributed by atoms with E-state index in [1.165, 1.54) is 23.2 Å². The first-order valence-corrected chi connectivity index (χ1v) is 11.1. The highest BCUT2D eigenvalue weighted by molar-refractivity contribution is 5.93. The maximum absolute atomic E-state index is 13.3. The van der Waals surface area contributed by atoms with Gasteiger partial charge in [-0.2, -0.15) is 0 Å². The van der Waals surface area contributed by atoms with Crippen molar-refractivity contribution in [2.24, 2.45) is 5.92 Å². The molecule has 0 unspecified atom stereocenters. The minimum absolute atomic E-state index is 0.0730. The van der Waals surface area contributed by atoms with Crippen LogP contribution in [0.4, 0.5) is 11.4 Å². The third kappa shape index (κ3) is 4.68. The Bertz CT molecular complexity index is 855. The number of nitrogens with zero attached hydrogens (tertiary/aromatic N) is 2. The van der Waals surface area contributed by atoms with Crippen LogP contribution in [-0.4, -0.2) is 50.7 Å². The minimum Gasteiger partial charge on any atom is -0.383 e. The number of amides is 1. The Morgan fingerprint density at radius 2 is 1.97 bits per heavy atom. The monoisotopic (exact) mass is 407 g/mol. The van der Waals surface area contributed by atoms with E-state index < -0.39 is 0 Å². The van der Waals surface area contributed by atoms with E-state index in [1.54, 1.807) is 7.11 Å². The van der Waals surface area contributed by atoms with Crippen LogP contribution in [0.3, 0.4) is 0 Å². The van der Waals surface area contributed by atoms with E-state index in [0.29, 0.717) is 6.61 Å². The van der Waals surface area contributed by atoms with Gasteiger partial charge in [0.05, 0.1) is 12.5 Å². The lowest BCUT2D eigenvalue weighted by molar-refractivity contribution is -0.125. The summed E-state index contributed by atoms with van der Waals surface area (Å²) in [6.07, 6.45) is 4.22. The number of methoxy groups -OCH3 is 1. The number of rotatable bonds is 6. The molecule has 0 saturated carbocycles. The summed E-state index contributed by atoms with van der Waals surface area (Å²) in [6.45, 7) is 3.48. The van der Waals surface area contributed by atoms with Gasteiger partial charge in [-0.25, -0.2) is 0 Å². The van der Waals surface area contributed by atoms with Gasteiger partial charge in [-0.05, 0) is 55.5 Å². The number of fused-ring (bicyclic) bond motifs is 1. The van der Waals surface area contributed by atoms with Gasteiger partial charge < -0.3 is 15.0 Å². The smallest absolute Gasteiger partial charge is 0.229 e. The number of hydrogen-bond acceptors (Lipinski definition) is 4. The molecule has 2 heterocycles. The maximum Gasteiger partial charge on any atom is 0.229 e. The molecule has 2 aromatic rings. The van der Waals surface area contributed by atoms with E-state index >= 15 is 0 Å². The molecule has 2 aliphatic rings. The SMILES string of the molecule is COC[C@@H]1[C@H](C(=O)Nc2ccc3c(c2)N(C)CCC3)CCCN1Cc1ccccc1. The molecule has 1 fully saturated rings. The van der Waals surface area contributed by atoms with E-state index in [0.717, 1.165) is 44.6 Å². The second kappa shape index (κ2) is 9.63. The van der Waals surface area contributed by atoms with Crippen LogP contribution in [0.1, 0.15) is 30.4 Å². The number of carbonyl (C=O) groups excluding carboxylic acids is 1. The second-order valence-corrected chi connectivity index (χ2v) is 8.59. The van der Waals surface area contributed by atoms with Gasteiger partial charge in [0.25, 0.3) is 0 Å². The summed E-state index contributed by atoms with van der Waals surface area (Å²) < 4.78 is 5.54. The lowest BCUT2D eigenvalue weighted by Gasteiger charge is -2.40. The second-order valence-electron chi connectivity index (χ2n) is 8.59. The molecule has 0 spiro atoms. The van der Waals surface area contributed by atoms with Crippen molar-refractivity contribution < 1.29 is 9.53 Å². The Hall–Kier alpha value is -2.37. The van der Waals surface area contributed by atoms with Crippen LogP contribution in [0, 0.1) is 5.92 Å². The lowest BCUT2D eigenvalue weighted by atomic mass is 9.88. The van der Waals surface area contributed by atoms with Crippen LogP contribution in [0.5, 0.6) is 0 Å². The molecular weight excluding hydrogens is 374 g/mol. The van der Waals surface area contributed by atoms with Crippen molar-refractivity contribution in [1.29, 1.82) is 0 Å². The minimum atomic E-state index is -0.0730. The molecule has 2 aliphatic heterocycles. The predicted octanol–water partition coefficient (Wildman–Crippen LogP) is 3.93. The van der Waals surface area contributed by atoms with Crippen molar-refractivity contribution in [2.75, 3.05) is 44.1 Å². The van der Waals surface area contributed by atoms with Crippen LogP contribution in [-0.2, 0) is 22.5 Å². The first kappa shape index (κ1) is 20.9. The molecule has 0 radical (unpaired) electrons. The van der Waals surface area contributed by atoms with Gasteiger partial charge in [-0.15, -0.1) is 0 Å².